The first kappa shape index (κ1) is 24.3. The van der Waals surface area contributed by atoms with E-state index >= 15 is 0 Å². The van der Waals surface area contributed by atoms with Crippen LogP contribution in [0, 0.1) is 24.7 Å². The average Bonchev–Trinajstić information content (AvgIpc) is 3.17. The van der Waals surface area contributed by atoms with E-state index in [0.717, 1.165) is 17.6 Å². The van der Waals surface area contributed by atoms with Crippen LogP contribution in [0.2, 0.25) is 0 Å². The molecule has 0 spiro atoms. The molecule has 38 heavy (non-hydrogen) atoms. The Labute approximate surface area is 221 Å². The van der Waals surface area contributed by atoms with Crippen molar-refractivity contribution >= 4 is 29.1 Å². The molecule has 0 radical (unpaired) electrons. The third kappa shape index (κ3) is 3.39. The van der Waals surface area contributed by atoms with Gasteiger partial charge in [-0.15, -0.1) is 0 Å². The maximum absolute atomic E-state index is 13.9. The first-order chi connectivity index (χ1) is 18.2. The summed E-state index contributed by atoms with van der Waals surface area (Å²) in [5.41, 5.74) is 4.86. The normalized spacial score (nSPS) is 26.7. The number of aromatic hydroxyl groups is 1. The molecular weight excluding hydrogens is 478 g/mol. The number of ketones is 2. The van der Waals surface area contributed by atoms with Gasteiger partial charge in [-0.3, -0.25) is 24.1 Å². The van der Waals surface area contributed by atoms with Gasteiger partial charge in [-0.25, -0.2) is 0 Å². The number of carbonyl (C=O) groups is 4. The number of carbonyl (C=O) groups excluding carboxylic acids is 4. The van der Waals surface area contributed by atoms with Gasteiger partial charge >= 0.3 is 0 Å². The Balaban J connectivity index is 1.48. The monoisotopic (exact) mass is 507 g/mol. The highest BCUT2D eigenvalue weighted by atomic mass is 16.3. The molecule has 2 aromatic carbocycles. The SMILES string of the molecule is CCc1ccc(N2C(=O)[C@H]3[C@H](CC=C4[C@H](c5cccc(C)c5O)C5=C(C[C@H]43)C(=O)C(C)=CC5=O)C2=O)cc1. The van der Waals surface area contributed by atoms with Crippen LogP contribution in [0.15, 0.2) is 76.9 Å². The summed E-state index contributed by atoms with van der Waals surface area (Å²) in [5, 5.41) is 11.1. The zero-order valence-electron chi connectivity index (χ0n) is 21.7. The van der Waals surface area contributed by atoms with E-state index in [4.69, 9.17) is 0 Å². The molecule has 0 bridgehead atoms. The van der Waals surface area contributed by atoms with Crippen molar-refractivity contribution in [3.63, 3.8) is 0 Å². The number of hydrogen-bond donors (Lipinski definition) is 1. The van der Waals surface area contributed by atoms with Crippen molar-refractivity contribution in [2.75, 3.05) is 4.90 Å². The fourth-order valence-electron chi connectivity index (χ4n) is 6.79. The Morgan fingerprint density at radius 1 is 0.947 bits per heavy atom. The second kappa shape index (κ2) is 8.76. The van der Waals surface area contributed by atoms with Crippen molar-refractivity contribution in [2.45, 2.75) is 46.0 Å². The van der Waals surface area contributed by atoms with Gasteiger partial charge < -0.3 is 5.11 Å². The lowest BCUT2D eigenvalue weighted by Gasteiger charge is -2.42. The molecule has 0 saturated carbocycles. The fourth-order valence-corrected chi connectivity index (χ4v) is 6.79. The van der Waals surface area contributed by atoms with Gasteiger partial charge in [0.1, 0.15) is 5.75 Å². The zero-order chi connectivity index (χ0) is 26.9. The molecule has 0 aromatic heterocycles. The Morgan fingerprint density at radius 3 is 2.39 bits per heavy atom. The Hall–Kier alpha value is -4.06. The first-order valence-electron chi connectivity index (χ1n) is 13.2. The van der Waals surface area contributed by atoms with E-state index in [1.165, 1.54) is 11.0 Å². The standard InChI is InChI=1S/C32H29NO5/c1-4-18-8-10-19(11-9-18)33-31(37)22-13-12-20-23(27(22)32(33)38)15-24-28(25(34)14-17(3)30(24)36)26(20)21-7-5-6-16(2)29(21)35/h5-12,14,22-23,26-27,35H,4,13,15H2,1-3H3/t22-,23+,26+,27-/m0/s1. The number of Topliss-reactive ketones (excluding diaryl/α,β-unsaturated/α-hetero) is 1. The van der Waals surface area contributed by atoms with Crippen molar-refractivity contribution in [2.24, 2.45) is 17.8 Å². The molecular formula is C32H29NO5. The highest BCUT2D eigenvalue weighted by molar-refractivity contribution is 6.25. The molecule has 1 heterocycles. The Morgan fingerprint density at radius 2 is 1.68 bits per heavy atom. The van der Waals surface area contributed by atoms with Crippen LogP contribution in [-0.4, -0.2) is 28.5 Å². The van der Waals surface area contributed by atoms with Crippen LogP contribution in [0.4, 0.5) is 5.69 Å². The highest BCUT2D eigenvalue weighted by Gasteiger charge is 2.56. The van der Waals surface area contributed by atoms with Crippen LogP contribution in [0.25, 0.3) is 0 Å². The minimum atomic E-state index is -0.647. The molecule has 6 heteroatoms. The van der Waals surface area contributed by atoms with E-state index in [-0.39, 0.29) is 35.6 Å². The van der Waals surface area contributed by atoms with Gasteiger partial charge in [-0.05, 0) is 68.4 Å². The van der Waals surface area contributed by atoms with Crippen LogP contribution in [-0.2, 0) is 25.6 Å². The maximum Gasteiger partial charge on any atom is 0.238 e. The summed E-state index contributed by atoms with van der Waals surface area (Å²) in [6.45, 7) is 5.47. The molecule has 1 N–H and O–H groups in total. The number of amides is 2. The highest BCUT2D eigenvalue weighted by Crippen LogP contribution is 2.56. The summed E-state index contributed by atoms with van der Waals surface area (Å²) in [6, 6.07) is 12.9. The number of allylic oxidation sites excluding steroid dienone is 6. The van der Waals surface area contributed by atoms with Crippen molar-refractivity contribution in [3.05, 3.63) is 93.6 Å². The molecule has 4 atom stereocenters. The molecule has 0 unspecified atom stereocenters. The number of imide groups is 1. The lowest BCUT2D eigenvalue weighted by molar-refractivity contribution is -0.123. The minimum Gasteiger partial charge on any atom is -0.507 e. The van der Waals surface area contributed by atoms with Gasteiger partial charge in [-0.1, -0.05) is 48.9 Å². The minimum absolute atomic E-state index is 0.0750. The fraction of sp³-hybridized carbons (Fsp3) is 0.312. The number of fused-ring (bicyclic) bond motifs is 3. The Kier molecular flexibility index (Phi) is 5.60. The lowest BCUT2D eigenvalue weighted by Crippen LogP contribution is -2.39. The topological polar surface area (TPSA) is 91.8 Å². The molecule has 1 saturated heterocycles. The molecule has 2 aromatic rings. The van der Waals surface area contributed by atoms with Crippen LogP contribution < -0.4 is 4.90 Å². The molecule has 4 aliphatic rings. The number of anilines is 1. The van der Waals surface area contributed by atoms with Crippen LogP contribution in [0.5, 0.6) is 5.75 Å². The average molecular weight is 508 g/mol. The summed E-state index contributed by atoms with van der Waals surface area (Å²) in [5.74, 6) is -3.09. The number of benzene rings is 2. The number of aryl methyl sites for hydroxylation is 2. The van der Waals surface area contributed by atoms with E-state index in [1.807, 2.05) is 43.3 Å². The molecule has 1 aliphatic heterocycles. The maximum atomic E-state index is 13.9. The third-order valence-corrected chi connectivity index (χ3v) is 8.74. The third-order valence-electron chi connectivity index (χ3n) is 8.74. The van der Waals surface area contributed by atoms with Gasteiger partial charge in [0.2, 0.25) is 11.8 Å². The number of nitrogens with zero attached hydrogens (tertiary/aromatic N) is 1. The van der Waals surface area contributed by atoms with Gasteiger partial charge in [0, 0.05) is 28.2 Å². The van der Waals surface area contributed by atoms with Gasteiger partial charge in [0.15, 0.2) is 11.6 Å². The summed E-state index contributed by atoms with van der Waals surface area (Å²) < 4.78 is 0. The number of phenolic OH excluding ortho intramolecular Hbond substituents is 1. The Bertz CT molecular complexity index is 1520. The quantitative estimate of drug-likeness (QED) is 0.363. The second-order valence-corrected chi connectivity index (χ2v) is 10.8. The van der Waals surface area contributed by atoms with Crippen LogP contribution >= 0.6 is 0 Å². The second-order valence-electron chi connectivity index (χ2n) is 10.8. The molecule has 6 nitrogen and oxygen atoms in total. The van der Waals surface area contributed by atoms with E-state index in [2.05, 4.69) is 0 Å². The lowest BCUT2D eigenvalue weighted by atomic mass is 9.59. The zero-order valence-corrected chi connectivity index (χ0v) is 21.7. The number of hydrogen-bond acceptors (Lipinski definition) is 5. The summed E-state index contributed by atoms with van der Waals surface area (Å²) in [6.07, 6.45) is 4.80. The van der Waals surface area contributed by atoms with Gasteiger partial charge in [0.25, 0.3) is 0 Å². The van der Waals surface area contributed by atoms with E-state index in [1.54, 1.807) is 26.0 Å². The number of rotatable bonds is 3. The largest absolute Gasteiger partial charge is 0.507 e. The molecule has 2 amide bonds. The van der Waals surface area contributed by atoms with Crippen molar-refractivity contribution in [1.29, 1.82) is 0 Å². The van der Waals surface area contributed by atoms with Gasteiger partial charge in [0.05, 0.1) is 17.5 Å². The van der Waals surface area contributed by atoms with E-state index < -0.39 is 23.7 Å². The summed E-state index contributed by atoms with van der Waals surface area (Å²) in [4.78, 5) is 55.5. The van der Waals surface area contributed by atoms with Crippen molar-refractivity contribution < 1.29 is 24.3 Å². The van der Waals surface area contributed by atoms with E-state index in [9.17, 15) is 24.3 Å². The summed E-state index contributed by atoms with van der Waals surface area (Å²) >= 11 is 0. The molecule has 192 valence electrons. The number of phenols is 1. The molecule has 6 rings (SSSR count). The predicted molar refractivity (Wildman–Crippen MR) is 142 cm³/mol. The van der Waals surface area contributed by atoms with E-state index in [0.29, 0.717) is 40.0 Å². The molecule has 1 fully saturated rings. The number of para-hydroxylation sites is 1. The smallest absolute Gasteiger partial charge is 0.238 e. The molecule has 3 aliphatic carbocycles. The van der Waals surface area contributed by atoms with Crippen LogP contribution in [0.1, 0.15) is 49.3 Å². The summed E-state index contributed by atoms with van der Waals surface area (Å²) in [7, 11) is 0. The first-order valence-corrected chi connectivity index (χ1v) is 13.2. The van der Waals surface area contributed by atoms with Crippen molar-refractivity contribution in [1.82, 2.24) is 0 Å². The van der Waals surface area contributed by atoms with Crippen LogP contribution in [0.3, 0.4) is 0 Å². The van der Waals surface area contributed by atoms with Gasteiger partial charge in [-0.2, -0.15) is 0 Å². The predicted octanol–water partition coefficient (Wildman–Crippen LogP) is 4.90. The van der Waals surface area contributed by atoms with Crippen molar-refractivity contribution in [3.8, 4) is 5.75 Å².